The summed E-state index contributed by atoms with van der Waals surface area (Å²) in [6.45, 7) is 4.75. The number of anilines is 1. The molecule has 1 saturated heterocycles. The highest BCUT2D eigenvalue weighted by Crippen LogP contribution is 2.29. The molecule has 29 heavy (non-hydrogen) atoms. The lowest BCUT2D eigenvalue weighted by molar-refractivity contribution is 0.448. The Morgan fingerprint density at radius 2 is 2.24 bits per heavy atom. The second kappa shape index (κ2) is 7.71. The molecule has 2 N–H and O–H groups in total. The number of nitrogens with one attached hydrogen (secondary N) is 2. The highest BCUT2D eigenvalue weighted by Gasteiger charge is 2.25. The average molecular weight is 388 g/mol. The van der Waals surface area contributed by atoms with E-state index in [-0.39, 0.29) is 5.92 Å². The molecule has 2 atom stereocenters. The highest BCUT2D eigenvalue weighted by molar-refractivity contribution is 5.55. The van der Waals surface area contributed by atoms with Crippen LogP contribution < -0.4 is 10.2 Å². The summed E-state index contributed by atoms with van der Waals surface area (Å²) in [5, 5.41) is 19.6. The standard InChI is InChI=1S/C21H24N8/c1-14-18-10-15(5-6-19(18)27-26-14)21-25-20(12-24-28-21)29-9-8-23-17(13-29)11-16-4-2-3-7-22-16/h2-7,12,15,17,23H,8-11,13H2,1H3,(H,26,27). The Kier molecular flexibility index (Phi) is 4.77. The van der Waals surface area contributed by atoms with Gasteiger partial charge in [0.15, 0.2) is 11.6 Å². The normalized spacial score (nSPS) is 21.2. The number of aromatic nitrogens is 6. The van der Waals surface area contributed by atoms with Gasteiger partial charge in [0.05, 0.1) is 11.9 Å². The lowest BCUT2D eigenvalue weighted by Gasteiger charge is -2.34. The summed E-state index contributed by atoms with van der Waals surface area (Å²) in [4.78, 5) is 11.6. The van der Waals surface area contributed by atoms with Gasteiger partial charge in [0.1, 0.15) is 0 Å². The number of piperazine rings is 1. The fourth-order valence-electron chi connectivity index (χ4n) is 4.10. The summed E-state index contributed by atoms with van der Waals surface area (Å²) in [6, 6.07) is 6.40. The van der Waals surface area contributed by atoms with Crippen LogP contribution in [0.15, 0.2) is 36.7 Å². The van der Waals surface area contributed by atoms with E-state index in [1.165, 1.54) is 5.56 Å². The first-order valence-corrected chi connectivity index (χ1v) is 10.1. The Bertz CT molecular complexity index is 1010. The molecule has 2 aliphatic rings. The Hall–Kier alpha value is -3.13. The molecule has 0 spiro atoms. The maximum atomic E-state index is 4.88. The van der Waals surface area contributed by atoms with E-state index in [1.54, 1.807) is 6.20 Å². The van der Waals surface area contributed by atoms with E-state index >= 15 is 0 Å². The number of fused-ring (bicyclic) bond motifs is 1. The molecule has 5 rings (SSSR count). The molecule has 3 aromatic rings. The molecule has 1 fully saturated rings. The van der Waals surface area contributed by atoms with Crippen LogP contribution >= 0.6 is 0 Å². The van der Waals surface area contributed by atoms with E-state index < -0.39 is 0 Å². The first-order valence-electron chi connectivity index (χ1n) is 10.1. The molecule has 1 aliphatic carbocycles. The van der Waals surface area contributed by atoms with E-state index in [9.17, 15) is 0 Å². The van der Waals surface area contributed by atoms with Gasteiger partial charge in [0.2, 0.25) is 0 Å². The molecule has 8 heteroatoms. The van der Waals surface area contributed by atoms with E-state index in [0.717, 1.165) is 61.2 Å². The van der Waals surface area contributed by atoms with Crippen molar-refractivity contribution in [3.63, 3.8) is 0 Å². The second-order valence-electron chi connectivity index (χ2n) is 7.68. The number of allylic oxidation sites excluding steroid dienone is 1. The number of aryl methyl sites for hydroxylation is 1. The van der Waals surface area contributed by atoms with Crippen molar-refractivity contribution in [2.75, 3.05) is 24.5 Å². The zero-order chi connectivity index (χ0) is 19.6. The second-order valence-corrected chi connectivity index (χ2v) is 7.68. The summed E-state index contributed by atoms with van der Waals surface area (Å²) in [5.41, 5.74) is 4.47. The molecule has 4 heterocycles. The fraction of sp³-hybridized carbons (Fsp3) is 0.381. The topological polar surface area (TPSA) is 95.5 Å². The monoisotopic (exact) mass is 388 g/mol. The molecule has 2 unspecified atom stereocenters. The van der Waals surface area contributed by atoms with Gasteiger partial charge in [-0.2, -0.15) is 10.2 Å². The first kappa shape index (κ1) is 17.9. The highest BCUT2D eigenvalue weighted by atomic mass is 15.3. The SMILES string of the molecule is Cc1[nH]nc2c1CC(c1nncc(N3CCNC(Cc4ccccn4)C3)n1)C=C2. The number of H-pyrrole nitrogens is 1. The van der Waals surface area contributed by atoms with Crippen molar-refractivity contribution < 1.29 is 0 Å². The van der Waals surface area contributed by atoms with Gasteiger partial charge < -0.3 is 10.2 Å². The van der Waals surface area contributed by atoms with Crippen LogP contribution in [0.4, 0.5) is 5.82 Å². The van der Waals surface area contributed by atoms with Gasteiger partial charge >= 0.3 is 0 Å². The van der Waals surface area contributed by atoms with Crippen molar-refractivity contribution in [1.82, 2.24) is 35.7 Å². The Morgan fingerprint density at radius 1 is 1.28 bits per heavy atom. The number of pyridine rings is 1. The van der Waals surface area contributed by atoms with Crippen molar-refractivity contribution in [2.24, 2.45) is 0 Å². The maximum Gasteiger partial charge on any atom is 0.160 e. The van der Waals surface area contributed by atoms with Crippen LogP contribution in [0.25, 0.3) is 6.08 Å². The van der Waals surface area contributed by atoms with Crippen LogP contribution in [0.1, 0.15) is 34.4 Å². The van der Waals surface area contributed by atoms with Gasteiger partial charge in [0, 0.05) is 61.2 Å². The molecule has 3 aromatic heterocycles. The van der Waals surface area contributed by atoms with Crippen molar-refractivity contribution in [2.45, 2.75) is 31.7 Å². The van der Waals surface area contributed by atoms with Gasteiger partial charge in [-0.1, -0.05) is 12.1 Å². The molecular weight excluding hydrogens is 364 g/mol. The predicted octanol–water partition coefficient (Wildman–Crippen LogP) is 1.67. The Balaban J connectivity index is 1.31. The molecular formula is C21H24N8. The van der Waals surface area contributed by atoms with Crippen molar-refractivity contribution in [3.8, 4) is 0 Å². The van der Waals surface area contributed by atoms with Gasteiger partial charge in [0.25, 0.3) is 0 Å². The van der Waals surface area contributed by atoms with Crippen LogP contribution in [-0.2, 0) is 12.8 Å². The van der Waals surface area contributed by atoms with Crippen LogP contribution in [0.3, 0.4) is 0 Å². The molecule has 0 aromatic carbocycles. The van der Waals surface area contributed by atoms with Crippen LogP contribution in [0, 0.1) is 6.92 Å². The molecule has 0 radical (unpaired) electrons. The molecule has 148 valence electrons. The minimum atomic E-state index is 0.124. The van der Waals surface area contributed by atoms with Gasteiger partial charge in [-0.15, -0.1) is 5.10 Å². The number of hydrogen-bond acceptors (Lipinski definition) is 7. The Morgan fingerprint density at radius 3 is 3.14 bits per heavy atom. The predicted molar refractivity (Wildman–Crippen MR) is 111 cm³/mol. The van der Waals surface area contributed by atoms with E-state index in [2.05, 4.69) is 60.7 Å². The van der Waals surface area contributed by atoms with Gasteiger partial charge in [-0.3, -0.25) is 10.1 Å². The molecule has 0 bridgehead atoms. The van der Waals surface area contributed by atoms with E-state index in [1.807, 2.05) is 18.3 Å². The summed E-state index contributed by atoms with van der Waals surface area (Å²) in [5.74, 6) is 1.79. The molecule has 8 nitrogen and oxygen atoms in total. The average Bonchev–Trinajstić information content (AvgIpc) is 3.15. The number of aromatic amines is 1. The minimum Gasteiger partial charge on any atom is -0.352 e. The van der Waals surface area contributed by atoms with Crippen LogP contribution in [0.2, 0.25) is 0 Å². The lowest BCUT2D eigenvalue weighted by Crippen LogP contribution is -2.52. The van der Waals surface area contributed by atoms with E-state index in [0.29, 0.717) is 6.04 Å². The van der Waals surface area contributed by atoms with Crippen LogP contribution in [-0.4, -0.2) is 56.0 Å². The summed E-state index contributed by atoms with van der Waals surface area (Å²) >= 11 is 0. The Labute approximate surface area is 169 Å². The summed E-state index contributed by atoms with van der Waals surface area (Å²) in [6.07, 6.45) is 9.55. The van der Waals surface area contributed by atoms with Gasteiger partial charge in [-0.25, -0.2) is 4.98 Å². The quantitative estimate of drug-likeness (QED) is 0.702. The third-order valence-electron chi connectivity index (χ3n) is 5.67. The van der Waals surface area contributed by atoms with Crippen molar-refractivity contribution in [1.29, 1.82) is 0 Å². The maximum absolute atomic E-state index is 4.88. The zero-order valence-corrected chi connectivity index (χ0v) is 16.4. The minimum absolute atomic E-state index is 0.124. The van der Waals surface area contributed by atoms with E-state index in [4.69, 9.17) is 4.98 Å². The number of hydrogen-bond donors (Lipinski definition) is 2. The first-order chi connectivity index (χ1) is 14.3. The number of nitrogens with zero attached hydrogens (tertiary/aromatic N) is 6. The largest absolute Gasteiger partial charge is 0.352 e. The molecule has 0 amide bonds. The molecule has 0 saturated carbocycles. The summed E-state index contributed by atoms with van der Waals surface area (Å²) < 4.78 is 0. The number of rotatable bonds is 4. The smallest absolute Gasteiger partial charge is 0.160 e. The summed E-state index contributed by atoms with van der Waals surface area (Å²) in [7, 11) is 0. The zero-order valence-electron chi connectivity index (χ0n) is 16.4. The van der Waals surface area contributed by atoms with Gasteiger partial charge in [-0.05, 0) is 31.6 Å². The molecule has 1 aliphatic heterocycles. The van der Waals surface area contributed by atoms with Crippen molar-refractivity contribution >= 4 is 11.9 Å². The fourth-order valence-corrected chi connectivity index (χ4v) is 4.10. The lowest BCUT2D eigenvalue weighted by atomic mass is 9.92. The van der Waals surface area contributed by atoms with Crippen LogP contribution in [0.5, 0.6) is 0 Å². The van der Waals surface area contributed by atoms with Crippen molar-refractivity contribution in [3.05, 3.63) is 65.1 Å². The third kappa shape index (κ3) is 3.75. The third-order valence-corrected chi connectivity index (χ3v) is 5.67.